The molecule has 0 bridgehead atoms. The lowest BCUT2D eigenvalue weighted by molar-refractivity contribution is 0.859. The van der Waals surface area contributed by atoms with E-state index in [-0.39, 0.29) is 0 Å². The summed E-state index contributed by atoms with van der Waals surface area (Å²) in [5.41, 5.74) is 1.93. The van der Waals surface area contributed by atoms with Gasteiger partial charge >= 0.3 is 0 Å². The number of thiazole rings is 1. The molecule has 15 heavy (non-hydrogen) atoms. The number of rotatable bonds is 2. The Morgan fingerprint density at radius 3 is 2.67 bits per heavy atom. The first kappa shape index (κ1) is 10.6. The van der Waals surface area contributed by atoms with Gasteiger partial charge in [0.1, 0.15) is 10.7 Å². The van der Waals surface area contributed by atoms with Gasteiger partial charge in [-0.05, 0) is 17.5 Å². The van der Waals surface area contributed by atoms with E-state index in [0.717, 1.165) is 16.3 Å². The Morgan fingerprint density at radius 2 is 2.13 bits per heavy atom. The van der Waals surface area contributed by atoms with Gasteiger partial charge in [0.25, 0.3) is 0 Å². The van der Waals surface area contributed by atoms with Crippen molar-refractivity contribution in [3.05, 3.63) is 34.4 Å². The Morgan fingerprint density at radius 1 is 1.33 bits per heavy atom. The van der Waals surface area contributed by atoms with Crippen LogP contribution in [0.25, 0.3) is 10.7 Å². The van der Waals surface area contributed by atoms with E-state index in [1.807, 2.05) is 17.6 Å². The highest BCUT2D eigenvalue weighted by molar-refractivity contribution is 7.13. The minimum absolute atomic E-state index is 0.445. The van der Waals surface area contributed by atoms with E-state index in [1.54, 1.807) is 17.5 Å². The summed E-state index contributed by atoms with van der Waals surface area (Å²) in [6.45, 7) is 4.24. The van der Waals surface area contributed by atoms with Crippen molar-refractivity contribution < 1.29 is 0 Å². The van der Waals surface area contributed by atoms with Crippen LogP contribution in [0, 0.1) is 0 Å². The van der Waals surface area contributed by atoms with Crippen molar-refractivity contribution in [1.29, 1.82) is 0 Å². The summed E-state index contributed by atoms with van der Waals surface area (Å²) < 4.78 is 0. The molecule has 2 aromatic heterocycles. The first-order chi connectivity index (χ1) is 7.18. The average molecular weight is 239 g/mol. The molecule has 0 amide bonds. The van der Waals surface area contributed by atoms with Crippen molar-refractivity contribution in [3.8, 4) is 10.7 Å². The van der Waals surface area contributed by atoms with Crippen LogP contribution < -0.4 is 0 Å². The maximum atomic E-state index is 6.17. The van der Waals surface area contributed by atoms with E-state index in [1.165, 1.54) is 0 Å². The van der Waals surface area contributed by atoms with Gasteiger partial charge in [0.05, 0.1) is 5.02 Å². The Balaban J connectivity index is 2.44. The maximum absolute atomic E-state index is 6.17. The quantitative estimate of drug-likeness (QED) is 0.791. The zero-order valence-corrected chi connectivity index (χ0v) is 10.1. The van der Waals surface area contributed by atoms with Gasteiger partial charge in [-0.3, -0.25) is 4.98 Å². The van der Waals surface area contributed by atoms with E-state index in [9.17, 15) is 0 Å². The van der Waals surface area contributed by atoms with Gasteiger partial charge in [-0.1, -0.05) is 25.4 Å². The van der Waals surface area contributed by atoms with Crippen molar-refractivity contribution in [2.45, 2.75) is 19.8 Å². The van der Waals surface area contributed by atoms with Crippen LogP contribution in [-0.2, 0) is 0 Å². The fourth-order valence-corrected chi connectivity index (χ4v) is 2.23. The second kappa shape index (κ2) is 4.29. The molecule has 0 spiro atoms. The smallest absolute Gasteiger partial charge is 0.143 e. The van der Waals surface area contributed by atoms with Crippen LogP contribution in [0.5, 0.6) is 0 Å². The van der Waals surface area contributed by atoms with Crippen LogP contribution in [0.15, 0.2) is 23.8 Å². The molecule has 2 heterocycles. The third-order valence-electron chi connectivity index (χ3n) is 2.16. The highest BCUT2D eigenvalue weighted by atomic mass is 35.5. The summed E-state index contributed by atoms with van der Waals surface area (Å²) in [6, 6.07) is 1.97. The van der Waals surface area contributed by atoms with Gasteiger partial charge in [0.2, 0.25) is 0 Å². The van der Waals surface area contributed by atoms with Crippen molar-refractivity contribution in [2.24, 2.45) is 0 Å². The number of nitrogens with zero attached hydrogens (tertiary/aromatic N) is 2. The Bertz CT molecular complexity index is 452. The van der Waals surface area contributed by atoms with E-state index < -0.39 is 0 Å². The molecule has 0 aromatic carbocycles. The van der Waals surface area contributed by atoms with E-state index in [0.29, 0.717) is 10.9 Å². The average Bonchev–Trinajstić information content (AvgIpc) is 2.70. The molecule has 0 atom stereocenters. The number of aromatic nitrogens is 2. The first-order valence-electron chi connectivity index (χ1n) is 4.74. The second-order valence-electron chi connectivity index (χ2n) is 3.59. The van der Waals surface area contributed by atoms with Crippen LogP contribution in [-0.4, -0.2) is 9.97 Å². The Kier molecular flexibility index (Phi) is 3.03. The number of pyridine rings is 1. The fraction of sp³-hybridized carbons (Fsp3) is 0.273. The van der Waals surface area contributed by atoms with Gasteiger partial charge in [-0.25, -0.2) is 4.98 Å². The van der Waals surface area contributed by atoms with Crippen LogP contribution >= 0.6 is 22.9 Å². The minimum Gasteiger partial charge on any atom is -0.252 e. The van der Waals surface area contributed by atoms with Gasteiger partial charge < -0.3 is 0 Å². The molecule has 0 radical (unpaired) electrons. The lowest BCUT2D eigenvalue weighted by atomic mass is 10.1. The molecule has 78 valence electrons. The van der Waals surface area contributed by atoms with E-state index >= 15 is 0 Å². The first-order valence-corrected chi connectivity index (χ1v) is 5.99. The monoisotopic (exact) mass is 238 g/mol. The Labute approximate surface area is 98.0 Å². The molecule has 4 heteroatoms. The second-order valence-corrected chi connectivity index (χ2v) is 4.89. The summed E-state index contributed by atoms with van der Waals surface area (Å²) in [4.78, 5) is 8.55. The topological polar surface area (TPSA) is 25.8 Å². The minimum atomic E-state index is 0.445. The third kappa shape index (κ3) is 2.19. The summed E-state index contributed by atoms with van der Waals surface area (Å²) in [5.74, 6) is 0.445. The highest BCUT2D eigenvalue weighted by Crippen LogP contribution is 2.29. The molecule has 0 aliphatic heterocycles. The van der Waals surface area contributed by atoms with Crippen LogP contribution in [0.2, 0.25) is 5.02 Å². The summed E-state index contributed by atoms with van der Waals surface area (Å²) in [6.07, 6.45) is 3.63. The standard InChI is InChI=1S/C11H11ClN2S/c1-7(2)8-5-9(12)10(14-6-8)11-13-3-4-15-11/h3-7H,1-2H3. The third-order valence-corrected chi connectivity index (χ3v) is 3.23. The molecular formula is C11H11ClN2S. The lowest BCUT2D eigenvalue weighted by Gasteiger charge is -2.06. The fourth-order valence-electron chi connectivity index (χ4n) is 1.27. The molecule has 2 rings (SSSR count). The van der Waals surface area contributed by atoms with Crippen LogP contribution in [0.3, 0.4) is 0 Å². The van der Waals surface area contributed by atoms with Crippen molar-refractivity contribution in [3.63, 3.8) is 0 Å². The SMILES string of the molecule is CC(C)c1cnc(-c2nccs2)c(Cl)c1. The molecule has 0 aliphatic rings. The molecule has 0 saturated heterocycles. The molecule has 0 unspecified atom stereocenters. The predicted molar refractivity (Wildman–Crippen MR) is 64.4 cm³/mol. The zero-order valence-electron chi connectivity index (χ0n) is 8.57. The molecule has 2 aromatic rings. The predicted octanol–water partition coefficient (Wildman–Crippen LogP) is 3.98. The molecule has 0 N–H and O–H groups in total. The van der Waals surface area contributed by atoms with Crippen molar-refractivity contribution >= 4 is 22.9 Å². The number of hydrogen-bond acceptors (Lipinski definition) is 3. The van der Waals surface area contributed by atoms with Gasteiger partial charge in [-0.15, -0.1) is 11.3 Å². The molecule has 2 nitrogen and oxygen atoms in total. The molecule has 0 fully saturated rings. The van der Waals surface area contributed by atoms with Crippen molar-refractivity contribution in [2.75, 3.05) is 0 Å². The van der Waals surface area contributed by atoms with E-state index in [4.69, 9.17) is 11.6 Å². The van der Waals surface area contributed by atoms with Gasteiger partial charge in [0.15, 0.2) is 0 Å². The van der Waals surface area contributed by atoms with Gasteiger partial charge in [0, 0.05) is 17.8 Å². The number of hydrogen-bond donors (Lipinski definition) is 0. The van der Waals surface area contributed by atoms with Crippen LogP contribution in [0.4, 0.5) is 0 Å². The molecule has 0 aliphatic carbocycles. The summed E-state index contributed by atoms with van der Waals surface area (Å²) >= 11 is 7.72. The van der Waals surface area contributed by atoms with Crippen LogP contribution in [0.1, 0.15) is 25.3 Å². The van der Waals surface area contributed by atoms with Crippen molar-refractivity contribution in [1.82, 2.24) is 9.97 Å². The summed E-state index contributed by atoms with van der Waals surface area (Å²) in [7, 11) is 0. The highest BCUT2D eigenvalue weighted by Gasteiger charge is 2.09. The summed E-state index contributed by atoms with van der Waals surface area (Å²) in [5, 5.41) is 3.47. The zero-order chi connectivity index (χ0) is 10.8. The lowest BCUT2D eigenvalue weighted by Crippen LogP contribution is -1.91. The van der Waals surface area contributed by atoms with E-state index in [2.05, 4.69) is 23.8 Å². The Hall–Kier alpha value is -0.930. The maximum Gasteiger partial charge on any atom is 0.143 e. The number of halogens is 1. The normalized spacial score (nSPS) is 10.9. The largest absolute Gasteiger partial charge is 0.252 e. The molecular weight excluding hydrogens is 228 g/mol. The van der Waals surface area contributed by atoms with Gasteiger partial charge in [-0.2, -0.15) is 0 Å². The molecule has 0 saturated carbocycles.